The molecule has 6 heteroatoms. The van der Waals surface area contributed by atoms with Gasteiger partial charge in [-0.3, -0.25) is 4.79 Å². The van der Waals surface area contributed by atoms with Gasteiger partial charge in [-0.15, -0.1) is 10.2 Å². The van der Waals surface area contributed by atoms with Crippen molar-refractivity contribution in [3.8, 4) is 0 Å². The molecule has 1 N–H and O–H groups in total. The Bertz CT molecular complexity index is 387. The molecule has 0 aliphatic carbocycles. The number of amides is 1. The molecule has 4 nitrogen and oxygen atoms in total. The van der Waals surface area contributed by atoms with Crippen molar-refractivity contribution in [2.24, 2.45) is 0 Å². The van der Waals surface area contributed by atoms with Gasteiger partial charge in [0.25, 0.3) is 5.91 Å². The van der Waals surface area contributed by atoms with Gasteiger partial charge >= 0.3 is 0 Å². The lowest BCUT2D eigenvalue weighted by molar-refractivity contribution is 0.0919. The Labute approximate surface area is 98.0 Å². The Balaban J connectivity index is 2.96. The van der Waals surface area contributed by atoms with E-state index in [1.54, 1.807) is 0 Å². The Morgan fingerprint density at radius 1 is 1.33 bits per heavy atom. The standard InChI is InChI=1S/C9H11Cl2N3O/c1-9(2,3)12-8(15)5-4-6(10)13-14-7(5)11/h4H,1-3H3,(H,12,15). The quantitative estimate of drug-likeness (QED) is 0.829. The molecule has 1 aromatic rings. The minimum atomic E-state index is -0.337. The van der Waals surface area contributed by atoms with E-state index in [1.807, 2.05) is 20.8 Å². The predicted octanol–water partition coefficient (Wildman–Crippen LogP) is 2.31. The van der Waals surface area contributed by atoms with Crippen molar-refractivity contribution in [2.75, 3.05) is 0 Å². The normalized spacial score (nSPS) is 11.3. The second kappa shape index (κ2) is 4.33. The van der Waals surface area contributed by atoms with Crippen LogP contribution in [0.2, 0.25) is 10.3 Å². The van der Waals surface area contributed by atoms with E-state index in [9.17, 15) is 4.79 Å². The number of hydrogen-bond acceptors (Lipinski definition) is 3. The summed E-state index contributed by atoms with van der Waals surface area (Å²) < 4.78 is 0. The fourth-order valence-electron chi connectivity index (χ4n) is 0.920. The van der Waals surface area contributed by atoms with E-state index in [2.05, 4.69) is 15.5 Å². The van der Waals surface area contributed by atoms with Gasteiger partial charge in [0, 0.05) is 5.54 Å². The summed E-state index contributed by atoms with van der Waals surface area (Å²) in [5.41, 5.74) is -0.109. The molecule has 0 bridgehead atoms. The van der Waals surface area contributed by atoms with Gasteiger partial charge in [-0.25, -0.2) is 0 Å². The highest BCUT2D eigenvalue weighted by molar-refractivity contribution is 6.34. The van der Waals surface area contributed by atoms with E-state index < -0.39 is 0 Å². The van der Waals surface area contributed by atoms with Gasteiger partial charge in [-0.2, -0.15) is 0 Å². The van der Waals surface area contributed by atoms with E-state index >= 15 is 0 Å². The highest BCUT2D eigenvalue weighted by atomic mass is 35.5. The van der Waals surface area contributed by atoms with Crippen molar-refractivity contribution in [3.05, 3.63) is 21.9 Å². The van der Waals surface area contributed by atoms with E-state index in [4.69, 9.17) is 23.2 Å². The molecule has 0 aliphatic rings. The number of carbonyl (C=O) groups excluding carboxylic acids is 1. The first-order valence-corrected chi connectivity index (χ1v) is 5.06. The molecule has 0 spiro atoms. The summed E-state index contributed by atoms with van der Waals surface area (Å²) in [6, 6.07) is 1.39. The molecule has 82 valence electrons. The minimum absolute atomic E-state index is 0.0427. The van der Waals surface area contributed by atoms with Crippen LogP contribution in [0.15, 0.2) is 6.07 Å². The van der Waals surface area contributed by atoms with Crippen LogP contribution >= 0.6 is 23.2 Å². The first-order chi connectivity index (χ1) is 6.79. The van der Waals surface area contributed by atoms with Crippen LogP contribution in [0.4, 0.5) is 0 Å². The molecule has 0 atom stereocenters. The Morgan fingerprint density at radius 3 is 2.47 bits per heavy atom. The molecule has 1 aromatic heterocycles. The highest BCUT2D eigenvalue weighted by Gasteiger charge is 2.18. The molecular formula is C9H11Cl2N3O. The third kappa shape index (κ3) is 3.64. The third-order valence-corrected chi connectivity index (χ3v) is 1.92. The second-order valence-corrected chi connectivity index (χ2v) is 4.82. The molecule has 0 saturated heterocycles. The number of rotatable bonds is 1. The maximum atomic E-state index is 11.7. The second-order valence-electron chi connectivity index (χ2n) is 4.08. The van der Waals surface area contributed by atoms with Crippen LogP contribution in [-0.4, -0.2) is 21.6 Å². The summed E-state index contributed by atoms with van der Waals surface area (Å²) in [7, 11) is 0. The van der Waals surface area contributed by atoms with Crippen molar-refractivity contribution < 1.29 is 4.79 Å². The van der Waals surface area contributed by atoms with Gasteiger partial charge in [-0.1, -0.05) is 23.2 Å². The molecule has 0 aliphatic heterocycles. The lowest BCUT2D eigenvalue weighted by Gasteiger charge is -2.20. The van der Waals surface area contributed by atoms with Crippen LogP contribution < -0.4 is 5.32 Å². The number of carbonyl (C=O) groups is 1. The van der Waals surface area contributed by atoms with Gasteiger partial charge in [0.1, 0.15) is 0 Å². The monoisotopic (exact) mass is 247 g/mol. The molecule has 0 radical (unpaired) electrons. The number of nitrogens with one attached hydrogen (secondary N) is 1. The van der Waals surface area contributed by atoms with Crippen molar-refractivity contribution in [3.63, 3.8) is 0 Å². The van der Waals surface area contributed by atoms with E-state index in [1.165, 1.54) is 6.07 Å². The summed E-state index contributed by atoms with van der Waals surface area (Å²) in [6.45, 7) is 5.61. The lowest BCUT2D eigenvalue weighted by Crippen LogP contribution is -2.40. The molecular weight excluding hydrogens is 237 g/mol. The SMILES string of the molecule is CC(C)(C)NC(=O)c1cc(Cl)nnc1Cl. The van der Waals surface area contributed by atoms with E-state index in [-0.39, 0.29) is 27.3 Å². The van der Waals surface area contributed by atoms with Gasteiger partial charge in [0.2, 0.25) is 0 Å². The van der Waals surface area contributed by atoms with Crippen LogP contribution in [0.3, 0.4) is 0 Å². The molecule has 0 saturated carbocycles. The summed E-state index contributed by atoms with van der Waals surface area (Å²) in [4.78, 5) is 11.7. The van der Waals surface area contributed by atoms with Crippen molar-refractivity contribution in [1.29, 1.82) is 0 Å². The van der Waals surface area contributed by atoms with Crippen LogP contribution in [0.25, 0.3) is 0 Å². The minimum Gasteiger partial charge on any atom is -0.347 e. The highest BCUT2D eigenvalue weighted by Crippen LogP contribution is 2.16. The fraction of sp³-hybridized carbons (Fsp3) is 0.444. The average molecular weight is 248 g/mol. The first kappa shape index (κ1) is 12.2. The fourth-order valence-corrected chi connectivity index (χ4v) is 1.25. The van der Waals surface area contributed by atoms with E-state index in [0.717, 1.165) is 0 Å². The molecule has 15 heavy (non-hydrogen) atoms. The topological polar surface area (TPSA) is 54.9 Å². The smallest absolute Gasteiger partial charge is 0.254 e. The van der Waals surface area contributed by atoms with Crippen molar-refractivity contribution >= 4 is 29.1 Å². The average Bonchev–Trinajstić information content (AvgIpc) is 2.06. The predicted molar refractivity (Wildman–Crippen MR) is 59.3 cm³/mol. The van der Waals surface area contributed by atoms with Crippen LogP contribution in [0.5, 0.6) is 0 Å². The van der Waals surface area contributed by atoms with Gasteiger partial charge in [0.05, 0.1) is 5.56 Å². The zero-order valence-corrected chi connectivity index (χ0v) is 10.1. The largest absolute Gasteiger partial charge is 0.347 e. The van der Waals surface area contributed by atoms with Crippen molar-refractivity contribution in [1.82, 2.24) is 15.5 Å². The van der Waals surface area contributed by atoms with Crippen LogP contribution in [-0.2, 0) is 0 Å². The van der Waals surface area contributed by atoms with Gasteiger partial charge in [0.15, 0.2) is 10.3 Å². The lowest BCUT2D eigenvalue weighted by atomic mass is 10.1. The molecule has 0 unspecified atom stereocenters. The maximum absolute atomic E-state index is 11.7. The number of aromatic nitrogens is 2. The Kier molecular flexibility index (Phi) is 3.52. The molecule has 0 aromatic carbocycles. The van der Waals surface area contributed by atoms with Gasteiger partial charge < -0.3 is 5.32 Å². The Hall–Kier alpha value is -0.870. The van der Waals surface area contributed by atoms with Crippen LogP contribution in [0.1, 0.15) is 31.1 Å². The van der Waals surface area contributed by atoms with E-state index in [0.29, 0.717) is 0 Å². The molecule has 1 heterocycles. The molecule has 0 fully saturated rings. The Morgan fingerprint density at radius 2 is 1.93 bits per heavy atom. The number of hydrogen-bond donors (Lipinski definition) is 1. The number of nitrogens with zero attached hydrogens (tertiary/aromatic N) is 2. The summed E-state index contributed by atoms with van der Waals surface area (Å²) in [6.07, 6.45) is 0. The van der Waals surface area contributed by atoms with Gasteiger partial charge in [-0.05, 0) is 26.8 Å². The zero-order chi connectivity index (χ0) is 11.6. The zero-order valence-electron chi connectivity index (χ0n) is 8.64. The first-order valence-electron chi connectivity index (χ1n) is 4.31. The summed E-state index contributed by atoms with van der Waals surface area (Å²) in [5, 5.41) is 10.0. The van der Waals surface area contributed by atoms with Crippen LogP contribution in [0, 0.1) is 0 Å². The molecule has 1 amide bonds. The molecule has 1 rings (SSSR count). The number of halogens is 2. The van der Waals surface area contributed by atoms with Crippen molar-refractivity contribution in [2.45, 2.75) is 26.3 Å². The summed E-state index contributed by atoms with van der Waals surface area (Å²) >= 11 is 11.3. The summed E-state index contributed by atoms with van der Waals surface area (Å²) in [5.74, 6) is -0.315. The maximum Gasteiger partial charge on any atom is 0.254 e. The third-order valence-electron chi connectivity index (χ3n) is 1.45.